The quantitative estimate of drug-likeness (QED) is 0.668. The van der Waals surface area contributed by atoms with E-state index in [-0.39, 0.29) is 0 Å². The van der Waals surface area contributed by atoms with Gasteiger partial charge in [-0.05, 0) is 30.3 Å². The fraction of sp³-hybridized carbons (Fsp3) is 0.167. The first-order chi connectivity index (χ1) is 11.2. The van der Waals surface area contributed by atoms with Crippen molar-refractivity contribution in [2.45, 2.75) is 0 Å². The van der Waals surface area contributed by atoms with Gasteiger partial charge in [0.15, 0.2) is 11.9 Å². The van der Waals surface area contributed by atoms with Crippen molar-refractivity contribution < 1.29 is 23.4 Å². The second kappa shape index (κ2) is 6.04. The molecule has 1 heterocycles. The molecule has 0 radical (unpaired) electrons. The lowest BCUT2D eigenvalue weighted by atomic mass is 10.1. The first kappa shape index (κ1) is 15.0. The molecule has 3 aromatic rings. The second-order valence-electron chi connectivity index (χ2n) is 4.89. The molecule has 0 fully saturated rings. The smallest absolute Gasteiger partial charge is 0.157 e. The molecular weight excluding hydrogens is 296 g/mol. The van der Waals surface area contributed by atoms with Crippen LogP contribution < -0.4 is 14.2 Å². The zero-order valence-electron chi connectivity index (χ0n) is 13.1. The van der Waals surface area contributed by atoms with Crippen LogP contribution in [0.2, 0.25) is 0 Å². The summed E-state index contributed by atoms with van der Waals surface area (Å²) >= 11 is 0. The predicted molar refractivity (Wildman–Crippen MR) is 86.7 cm³/mol. The molecule has 0 unspecified atom stereocenters. The molecule has 0 atom stereocenters. The molecular formula is C18H16O5. The Morgan fingerprint density at radius 1 is 0.913 bits per heavy atom. The summed E-state index contributed by atoms with van der Waals surface area (Å²) in [6.07, 6.45) is 0.724. The molecule has 0 aliphatic rings. The van der Waals surface area contributed by atoms with Gasteiger partial charge in [-0.15, -0.1) is 0 Å². The fourth-order valence-corrected chi connectivity index (χ4v) is 2.51. The van der Waals surface area contributed by atoms with Gasteiger partial charge in [0.2, 0.25) is 0 Å². The minimum atomic E-state index is 0.364. The van der Waals surface area contributed by atoms with Crippen LogP contribution in [0.25, 0.3) is 22.3 Å². The fourth-order valence-electron chi connectivity index (χ4n) is 2.51. The van der Waals surface area contributed by atoms with Crippen LogP contribution in [0.5, 0.6) is 17.2 Å². The van der Waals surface area contributed by atoms with Crippen molar-refractivity contribution in [2.24, 2.45) is 0 Å². The van der Waals surface area contributed by atoms with Gasteiger partial charge in [0.05, 0.1) is 32.3 Å². The van der Waals surface area contributed by atoms with Gasteiger partial charge in [-0.25, -0.2) is 0 Å². The molecule has 0 bridgehead atoms. The van der Waals surface area contributed by atoms with Gasteiger partial charge < -0.3 is 18.6 Å². The van der Waals surface area contributed by atoms with E-state index in [0.29, 0.717) is 28.4 Å². The summed E-state index contributed by atoms with van der Waals surface area (Å²) in [5.74, 6) is 2.40. The molecule has 118 valence electrons. The summed E-state index contributed by atoms with van der Waals surface area (Å²) in [5.41, 5.74) is 1.69. The van der Waals surface area contributed by atoms with Gasteiger partial charge in [-0.1, -0.05) is 0 Å². The summed E-state index contributed by atoms with van der Waals surface area (Å²) < 4.78 is 21.7. The van der Waals surface area contributed by atoms with Crippen LogP contribution in [0.1, 0.15) is 10.4 Å². The van der Waals surface area contributed by atoms with Crippen LogP contribution >= 0.6 is 0 Å². The van der Waals surface area contributed by atoms with Crippen LogP contribution in [0.3, 0.4) is 0 Å². The molecule has 2 aromatic carbocycles. The third kappa shape index (κ3) is 2.50. The number of hydrogen-bond donors (Lipinski definition) is 0. The number of methoxy groups -OCH3 is 3. The number of fused-ring (bicyclic) bond motifs is 1. The maximum absolute atomic E-state index is 11.4. The van der Waals surface area contributed by atoms with E-state index < -0.39 is 0 Å². The Morgan fingerprint density at radius 2 is 1.61 bits per heavy atom. The predicted octanol–water partition coefficient (Wildman–Crippen LogP) is 3.94. The Bertz CT molecular complexity index is 846. The standard InChI is InChI=1S/C18H16O5/c1-20-12-6-4-11(5-7-12)15-8-13-16(21-2)9-17(22-3)14(10-19)18(13)23-15/h4-10H,1-3H3. The molecule has 0 spiro atoms. The molecule has 0 N–H and O–H groups in total. The molecule has 5 nitrogen and oxygen atoms in total. The third-order valence-electron chi connectivity index (χ3n) is 3.70. The highest BCUT2D eigenvalue weighted by Crippen LogP contribution is 2.39. The van der Waals surface area contributed by atoms with Crippen LogP contribution in [0.4, 0.5) is 0 Å². The monoisotopic (exact) mass is 312 g/mol. The van der Waals surface area contributed by atoms with Crippen LogP contribution in [-0.2, 0) is 0 Å². The molecule has 0 saturated heterocycles. The zero-order chi connectivity index (χ0) is 16.4. The minimum absolute atomic E-state index is 0.364. The number of rotatable bonds is 5. The Hall–Kier alpha value is -2.95. The van der Waals surface area contributed by atoms with E-state index in [0.717, 1.165) is 23.0 Å². The van der Waals surface area contributed by atoms with Crippen LogP contribution in [0, 0.1) is 0 Å². The largest absolute Gasteiger partial charge is 0.497 e. The highest BCUT2D eigenvalue weighted by molar-refractivity contribution is 6.02. The first-order valence-corrected chi connectivity index (χ1v) is 7.00. The molecule has 23 heavy (non-hydrogen) atoms. The summed E-state index contributed by atoms with van der Waals surface area (Å²) in [4.78, 5) is 11.4. The molecule has 0 amide bonds. The van der Waals surface area contributed by atoms with Crippen molar-refractivity contribution in [2.75, 3.05) is 21.3 Å². The lowest BCUT2D eigenvalue weighted by Crippen LogP contribution is -1.93. The normalized spacial score (nSPS) is 10.6. The molecule has 0 aliphatic carbocycles. The SMILES string of the molecule is COc1ccc(-c2cc3c(OC)cc(OC)c(C=O)c3o2)cc1. The van der Waals surface area contributed by atoms with Crippen LogP contribution in [-0.4, -0.2) is 27.6 Å². The van der Waals surface area contributed by atoms with Gasteiger partial charge in [-0.2, -0.15) is 0 Å². The average molecular weight is 312 g/mol. The van der Waals surface area contributed by atoms with E-state index in [9.17, 15) is 4.79 Å². The first-order valence-electron chi connectivity index (χ1n) is 7.00. The van der Waals surface area contributed by atoms with Gasteiger partial charge in [0.25, 0.3) is 0 Å². The number of benzene rings is 2. The highest BCUT2D eigenvalue weighted by Gasteiger charge is 2.18. The van der Waals surface area contributed by atoms with E-state index >= 15 is 0 Å². The van der Waals surface area contributed by atoms with Gasteiger partial charge >= 0.3 is 0 Å². The summed E-state index contributed by atoms with van der Waals surface area (Å²) in [5, 5.41) is 0.723. The zero-order valence-corrected chi connectivity index (χ0v) is 13.1. The number of hydrogen-bond acceptors (Lipinski definition) is 5. The van der Waals surface area contributed by atoms with Crippen molar-refractivity contribution in [1.29, 1.82) is 0 Å². The second-order valence-corrected chi connectivity index (χ2v) is 4.89. The Balaban J connectivity index is 2.22. The topological polar surface area (TPSA) is 57.9 Å². The van der Waals surface area contributed by atoms with Crippen LogP contribution in [0.15, 0.2) is 40.8 Å². The van der Waals surface area contributed by atoms with Gasteiger partial charge in [0, 0.05) is 11.6 Å². The number of furan rings is 1. The Labute approximate surface area is 133 Å². The van der Waals surface area contributed by atoms with E-state index in [1.54, 1.807) is 20.3 Å². The van der Waals surface area contributed by atoms with Crippen molar-refractivity contribution in [3.05, 3.63) is 42.0 Å². The van der Waals surface area contributed by atoms with Crippen molar-refractivity contribution in [1.82, 2.24) is 0 Å². The van der Waals surface area contributed by atoms with E-state index in [1.807, 2.05) is 30.3 Å². The number of carbonyl (C=O) groups excluding carboxylic acids is 1. The average Bonchev–Trinajstić information content (AvgIpc) is 3.05. The lowest BCUT2D eigenvalue weighted by molar-refractivity contribution is 0.112. The lowest BCUT2D eigenvalue weighted by Gasteiger charge is -2.07. The highest BCUT2D eigenvalue weighted by atomic mass is 16.5. The summed E-state index contributed by atoms with van der Waals surface area (Å²) in [6.45, 7) is 0. The number of carbonyl (C=O) groups is 1. The Kier molecular flexibility index (Phi) is 3.93. The van der Waals surface area contributed by atoms with Gasteiger partial charge in [-0.3, -0.25) is 4.79 Å². The number of aldehydes is 1. The van der Waals surface area contributed by atoms with E-state index in [2.05, 4.69) is 0 Å². The van der Waals surface area contributed by atoms with Crippen molar-refractivity contribution in [3.63, 3.8) is 0 Å². The third-order valence-corrected chi connectivity index (χ3v) is 3.70. The maximum atomic E-state index is 11.4. The minimum Gasteiger partial charge on any atom is -0.497 e. The summed E-state index contributed by atoms with van der Waals surface area (Å²) in [6, 6.07) is 11.0. The van der Waals surface area contributed by atoms with E-state index in [1.165, 1.54) is 7.11 Å². The Morgan fingerprint density at radius 3 is 2.17 bits per heavy atom. The molecule has 1 aromatic heterocycles. The number of ether oxygens (including phenoxy) is 3. The van der Waals surface area contributed by atoms with Crippen molar-refractivity contribution >= 4 is 17.3 Å². The van der Waals surface area contributed by atoms with E-state index in [4.69, 9.17) is 18.6 Å². The molecule has 5 heteroatoms. The summed E-state index contributed by atoms with van der Waals surface area (Å²) in [7, 11) is 4.68. The molecule has 0 aliphatic heterocycles. The molecule has 3 rings (SSSR count). The van der Waals surface area contributed by atoms with Crippen molar-refractivity contribution in [3.8, 4) is 28.6 Å². The maximum Gasteiger partial charge on any atom is 0.157 e. The molecule has 0 saturated carbocycles. The van der Waals surface area contributed by atoms with Gasteiger partial charge in [0.1, 0.15) is 23.0 Å².